The average Bonchev–Trinajstić information content (AvgIpc) is 2.72. The molecule has 1 unspecified atom stereocenters. The Hall–Kier alpha value is -1.70. The second-order valence-corrected chi connectivity index (χ2v) is 4.16. The van der Waals surface area contributed by atoms with Crippen LogP contribution in [0.15, 0.2) is 11.0 Å². The maximum Gasteiger partial charge on any atom is 0.260 e. The van der Waals surface area contributed by atoms with E-state index in [0.717, 1.165) is 5.56 Å². The molecule has 0 radical (unpaired) electrons. The number of aromatic amines is 2. The Kier molecular flexibility index (Phi) is 3.75. The second-order valence-electron chi connectivity index (χ2n) is 4.16. The van der Waals surface area contributed by atoms with Crippen molar-refractivity contribution >= 4 is 11.0 Å². The van der Waals surface area contributed by atoms with Gasteiger partial charge in [0.25, 0.3) is 5.56 Å². The number of nitrogens with zero attached hydrogens (tertiary/aromatic N) is 1. The van der Waals surface area contributed by atoms with Crippen LogP contribution in [0.25, 0.3) is 11.0 Å². The monoisotopic (exact) mass is 252 g/mol. The number of hydrogen-bond acceptors (Lipinski definition) is 5. The lowest BCUT2D eigenvalue weighted by molar-refractivity contribution is 0.0942. The number of H-pyrrole nitrogens is 2. The molecule has 7 heteroatoms. The lowest BCUT2D eigenvalue weighted by Crippen LogP contribution is -2.29. The van der Waals surface area contributed by atoms with Crippen molar-refractivity contribution < 1.29 is 10.2 Å². The van der Waals surface area contributed by atoms with Crippen molar-refractivity contribution in [2.75, 3.05) is 13.2 Å². The van der Waals surface area contributed by atoms with Crippen molar-refractivity contribution in [3.63, 3.8) is 0 Å². The zero-order valence-electron chi connectivity index (χ0n) is 10.0. The predicted octanol–water partition coefficient (Wildman–Crippen LogP) is -0.998. The van der Waals surface area contributed by atoms with Gasteiger partial charge in [-0.15, -0.1) is 0 Å². The summed E-state index contributed by atoms with van der Waals surface area (Å²) in [5.74, 6) is 0.560. The number of hydrogen-bond donors (Lipinski definition) is 5. The quantitative estimate of drug-likeness (QED) is 0.468. The Balaban J connectivity index is 2.17. The van der Waals surface area contributed by atoms with Crippen LogP contribution in [0.2, 0.25) is 0 Å². The standard InChI is InChI=1S/C11H16N4O3/c1-6-14-10-9(11(18)15-6)7(3-13-10)2-12-4-8(17)5-16/h3,8,12,16-17H,2,4-5H2,1H3,(H2,13,14,15,18). The van der Waals surface area contributed by atoms with Crippen LogP contribution in [0.3, 0.4) is 0 Å². The average molecular weight is 252 g/mol. The maximum atomic E-state index is 11.8. The molecule has 0 amide bonds. The molecule has 18 heavy (non-hydrogen) atoms. The SMILES string of the molecule is Cc1nc2[nH]cc(CNCC(O)CO)c2c(=O)[nH]1. The Morgan fingerprint density at radius 3 is 3.06 bits per heavy atom. The molecule has 2 rings (SSSR count). The van der Waals surface area contributed by atoms with E-state index in [1.54, 1.807) is 13.1 Å². The van der Waals surface area contributed by atoms with Crippen molar-refractivity contribution in [2.45, 2.75) is 19.6 Å². The zero-order valence-corrected chi connectivity index (χ0v) is 10.0. The fourth-order valence-electron chi connectivity index (χ4n) is 1.79. The summed E-state index contributed by atoms with van der Waals surface area (Å²) in [5.41, 5.74) is 1.15. The van der Waals surface area contributed by atoms with Gasteiger partial charge in [-0.1, -0.05) is 0 Å². The van der Waals surface area contributed by atoms with Gasteiger partial charge in [-0.25, -0.2) is 4.98 Å². The largest absolute Gasteiger partial charge is 0.394 e. The van der Waals surface area contributed by atoms with E-state index in [4.69, 9.17) is 5.11 Å². The van der Waals surface area contributed by atoms with Crippen LogP contribution in [0.4, 0.5) is 0 Å². The van der Waals surface area contributed by atoms with Gasteiger partial charge in [-0.05, 0) is 12.5 Å². The molecule has 5 N–H and O–H groups in total. The Bertz CT molecular complexity index is 589. The van der Waals surface area contributed by atoms with Crippen molar-refractivity contribution in [2.24, 2.45) is 0 Å². The fraction of sp³-hybridized carbons (Fsp3) is 0.455. The van der Waals surface area contributed by atoms with E-state index in [9.17, 15) is 9.90 Å². The van der Waals surface area contributed by atoms with Gasteiger partial charge < -0.3 is 25.5 Å². The van der Waals surface area contributed by atoms with Crippen LogP contribution in [0.1, 0.15) is 11.4 Å². The smallest absolute Gasteiger partial charge is 0.260 e. The lowest BCUT2D eigenvalue weighted by Gasteiger charge is -2.07. The molecule has 2 aromatic heterocycles. The Morgan fingerprint density at radius 2 is 2.33 bits per heavy atom. The normalized spacial score (nSPS) is 13.1. The first-order valence-corrected chi connectivity index (χ1v) is 5.68. The summed E-state index contributed by atoms with van der Waals surface area (Å²) < 4.78 is 0. The van der Waals surface area contributed by atoms with Crippen molar-refractivity contribution in [3.05, 3.63) is 27.9 Å². The molecule has 0 aliphatic rings. The van der Waals surface area contributed by atoms with E-state index in [0.29, 0.717) is 23.4 Å². The van der Waals surface area contributed by atoms with E-state index >= 15 is 0 Å². The molecule has 7 nitrogen and oxygen atoms in total. The first-order chi connectivity index (χ1) is 8.61. The Labute approximate surface area is 103 Å². The topological polar surface area (TPSA) is 114 Å². The molecule has 0 spiro atoms. The van der Waals surface area contributed by atoms with Crippen LogP contribution < -0.4 is 10.9 Å². The van der Waals surface area contributed by atoms with Gasteiger partial charge in [0.05, 0.1) is 18.1 Å². The Morgan fingerprint density at radius 1 is 1.56 bits per heavy atom. The number of fused-ring (bicyclic) bond motifs is 1. The van der Waals surface area contributed by atoms with Gasteiger partial charge in [0.1, 0.15) is 11.5 Å². The van der Waals surface area contributed by atoms with E-state index in [1.165, 1.54) is 0 Å². The molecule has 98 valence electrons. The van der Waals surface area contributed by atoms with E-state index in [-0.39, 0.29) is 18.7 Å². The third-order valence-electron chi connectivity index (χ3n) is 2.65. The first-order valence-electron chi connectivity index (χ1n) is 5.68. The van der Waals surface area contributed by atoms with Crippen LogP contribution in [-0.2, 0) is 6.54 Å². The highest BCUT2D eigenvalue weighted by molar-refractivity contribution is 5.78. The van der Waals surface area contributed by atoms with Gasteiger partial charge in [0.2, 0.25) is 0 Å². The second kappa shape index (κ2) is 5.30. The molecule has 0 bridgehead atoms. The highest BCUT2D eigenvalue weighted by atomic mass is 16.3. The van der Waals surface area contributed by atoms with Gasteiger partial charge in [0.15, 0.2) is 0 Å². The molecule has 0 aromatic carbocycles. The van der Waals surface area contributed by atoms with Crippen LogP contribution >= 0.6 is 0 Å². The molecule has 0 aliphatic carbocycles. The number of aryl methyl sites for hydroxylation is 1. The molecule has 0 saturated heterocycles. The van der Waals surface area contributed by atoms with Gasteiger partial charge in [-0.2, -0.15) is 0 Å². The highest BCUT2D eigenvalue weighted by Crippen LogP contribution is 2.11. The number of aromatic nitrogens is 3. The summed E-state index contributed by atoms with van der Waals surface area (Å²) >= 11 is 0. The molecular formula is C11H16N4O3. The van der Waals surface area contributed by atoms with E-state index < -0.39 is 6.10 Å². The molecule has 2 aromatic rings. The summed E-state index contributed by atoms with van der Waals surface area (Å²) in [6.45, 7) is 2.12. The van der Waals surface area contributed by atoms with Crippen molar-refractivity contribution in [3.8, 4) is 0 Å². The summed E-state index contributed by atoms with van der Waals surface area (Å²) in [6.07, 6.45) is 0.916. The molecular weight excluding hydrogens is 236 g/mol. The van der Waals surface area contributed by atoms with Crippen LogP contribution in [-0.4, -0.2) is 44.4 Å². The minimum atomic E-state index is -0.797. The van der Waals surface area contributed by atoms with E-state index in [1.807, 2.05) is 0 Å². The predicted molar refractivity (Wildman–Crippen MR) is 66.3 cm³/mol. The summed E-state index contributed by atoms with van der Waals surface area (Å²) in [6, 6.07) is 0. The summed E-state index contributed by atoms with van der Waals surface area (Å²) in [7, 11) is 0. The van der Waals surface area contributed by atoms with E-state index in [2.05, 4.69) is 20.3 Å². The fourth-order valence-corrected chi connectivity index (χ4v) is 1.79. The number of rotatable bonds is 5. The van der Waals surface area contributed by atoms with Gasteiger partial charge in [-0.3, -0.25) is 4.79 Å². The van der Waals surface area contributed by atoms with Crippen molar-refractivity contribution in [1.29, 1.82) is 0 Å². The van der Waals surface area contributed by atoms with Crippen molar-refractivity contribution in [1.82, 2.24) is 20.3 Å². The highest BCUT2D eigenvalue weighted by Gasteiger charge is 2.10. The van der Waals surface area contributed by atoms with Gasteiger partial charge >= 0.3 is 0 Å². The molecule has 0 fully saturated rings. The zero-order chi connectivity index (χ0) is 13.1. The minimum absolute atomic E-state index is 0.182. The van der Waals surface area contributed by atoms with Gasteiger partial charge in [0, 0.05) is 19.3 Å². The summed E-state index contributed by atoms with van der Waals surface area (Å²) in [5, 5.41) is 21.3. The molecule has 2 heterocycles. The maximum absolute atomic E-state index is 11.8. The number of nitrogens with one attached hydrogen (secondary N) is 3. The molecule has 0 aliphatic heterocycles. The first kappa shape index (κ1) is 12.7. The molecule has 1 atom stereocenters. The minimum Gasteiger partial charge on any atom is -0.394 e. The molecule has 0 saturated carbocycles. The lowest BCUT2D eigenvalue weighted by atomic mass is 10.2. The number of aliphatic hydroxyl groups excluding tert-OH is 2. The van der Waals surface area contributed by atoms with Crippen LogP contribution in [0, 0.1) is 6.92 Å². The summed E-state index contributed by atoms with van der Waals surface area (Å²) in [4.78, 5) is 21.6. The number of aliphatic hydroxyl groups is 2. The van der Waals surface area contributed by atoms with Crippen LogP contribution in [0.5, 0.6) is 0 Å². The third kappa shape index (κ3) is 2.58. The third-order valence-corrected chi connectivity index (χ3v) is 2.65.